The molecule has 1 amide bonds. The predicted octanol–water partition coefficient (Wildman–Crippen LogP) is 1.87. The summed E-state index contributed by atoms with van der Waals surface area (Å²) in [7, 11) is 1.78. The molecule has 0 unspecified atom stereocenters. The predicted molar refractivity (Wildman–Crippen MR) is 67.5 cm³/mol. The molecule has 1 spiro atoms. The molecule has 1 aromatic carbocycles. The van der Waals surface area contributed by atoms with Crippen molar-refractivity contribution < 1.29 is 14.3 Å². The number of hydrogen-bond acceptors (Lipinski definition) is 3. The highest BCUT2D eigenvalue weighted by molar-refractivity contribution is 6.07. The molecule has 2 heterocycles. The van der Waals surface area contributed by atoms with Crippen LogP contribution in [0.1, 0.15) is 23.1 Å². The van der Waals surface area contributed by atoms with Gasteiger partial charge in [-0.1, -0.05) is 12.1 Å². The van der Waals surface area contributed by atoms with E-state index in [-0.39, 0.29) is 5.91 Å². The van der Waals surface area contributed by atoms with E-state index in [1.165, 1.54) is 0 Å². The Morgan fingerprint density at radius 1 is 1.17 bits per heavy atom. The van der Waals surface area contributed by atoms with Crippen LogP contribution in [0.2, 0.25) is 0 Å². The van der Waals surface area contributed by atoms with Crippen LogP contribution in [0.5, 0.6) is 0 Å². The monoisotopic (exact) mass is 247 g/mol. The van der Waals surface area contributed by atoms with Gasteiger partial charge >= 0.3 is 0 Å². The number of fused-ring (bicyclic) bond motifs is 2. The molecule has 3 rings (SSSR count). The first-order valence-corrected chi connectivity index (χ1v) is 6.24. The third kappa shape index (κ3) is 1.30. The Morgan fingerprint density at radius 2 is 1.78 bits per heavy atom. The summed E-state index contributed by atoms with van der Waals surface area (Å²) in [5.41, 5.74) is 3.92. The van der Waals surface area contributed by atoms with Crippen LogP contribution in [0.25, 0.3) is 0 Å². The molecule has 0 saturated carbocycles. The van der Waals surface area contributed by atoms with Crippen LogP contribution in [0, 0.1) is 13.8 Å². The summed E-state index contributed by atoms with van der Waals surface area (Å²) in [6.07, 6.45) is 0.832. The largest absolute Gasteiger partial charge is 0.338 e. The topological polar surface area (TPSA) is 38.8 Å². The van der Waals surface area contributed by atoms with Gasteiger partial charge in [-0.3, -0.25) is 4.79 Å². The summed E-state index contributed by atoms with van der Waals surface area (Å²) >= 11 is 0. The number of rotatable bonds is 0. The Bertz CT molecular complexity index is 518. The Kier molecular flexibility index (Phi) is 2.47. The highest BCUT2D eigenvalue weighted by atomic mass is 16.7. The van der Waals surface area contributed by atoms with Crippen molar-refractivity contribution in [3.8, 4) is 0 Å². The van der Waals surface area contributed by atoms with Crippen molar-refractivity contribution in [1.82, 2.24) is 0 Å². The zero-order valence-corrected chi connectivity index (χ0v) is 10.9. The maximum atomic E-state index is 12.5. The van der Waals surface area contributed by atoms with Gasteiger partial charge in [0, 0.05) is 12.6 Å². The molecule has 1 fully saturated rings. The summed E-state index contributed by atoms with van der Waals surface area (Å²) in [4.78, 5) is 14.2. The van der Waals surface area contributed by atoms with Crippen LogP contribution in [0.3, 0.4) is 0 Å². The molecular weight excluding hydrogens is 230 g/mol. The summed E-state index contributed by atoms with van der Waals surface area (Å²) < 4.78 is 11.5. The molecule has 1 aromatic rings. The Morgan fingerprint density at radius 3 is 2.44 bits per heavy atom. The van der Waals surface area contributed by atoms with Crippen molar-refractivity contribution in [2.75, 3.05) is 25.2 Å². The van der Waals surface area contributed by atoms with Gasteiger partial charge in [-0.05, 0) is 31.4 Å². The molecule has 2 aliphatic rings. The second kappa shape index (κ2) is 3.80. The van der Waals surface area contributed by atoms with E-state index in [1.807, 2.05) is 26.0 Å². The molecule has 0 aromatic heterocycles. The van der Waals surface area contributed by atoms with Crippen LogP contribution in [-0.2, 0) is 20.1 Å². The Balaban J connectivity index is 2.26. The molecule has 0 aliphatic carbocycles. The molecule has 0 radical (unpaired) electrons. The number of likely N-dealkylation sites (N-methyl/N-ethyl adjacent to an activating group) is 1. The van der Waals surface area contributed by atoms with E-state index < -0.39 is 5.79 Å². The van der Waals surface area contributed by atoms with Crippen LogP contribution in [0.15, 0.2) is 12.1 Å². The van der Waals surface area contributed by atoms with Crippen LogP contribution in [0.4, 0.5) is 5.69 Å². The normalized spacial score (nSPS) is 21.5. The van der Waals surface area contributed by atoms with Crippen molar-refractivity contribution >= 4 is 11.6 Å². The average Bonchev–Trinajstić information content (AvgIpc) is 2.59. The third-order valence-electron chi connectivity index (χ3n) is 3.74. The SMILES string of the molecule is Cc1ccc(C)c2c1N(C)C(=O)C21OCCCO1. The highest BCUT2D eigenvalue weighted by Gasteiger charge is 2.55. The van der Waals surface area contributed by atoms with Gasteiger partial charge in [0.15, 0.2) is 0 Å². The smallest absolute Gasteiger partial charge is 0.292 e. The number of carbonyl (C=O) groups excluding carboxylic acids is 1. The van der Waals surface area contributed by atoms with Crippen molar-refractivity contribution in [2.24, 2.45) is 0 Å². The standard InChI is InChI=1S/C14H17NO3/c1-9-5-6-10(2)12-11(9)14(13(16)15(12)3)17-7-4-8-18-14/h5-6H,4,7-8H2,1-3H3. The van der Waals surface area contributed by atoms with Gasteiger partial charge < -0.3 is 14.4 Å². The van der Waals surface area contributed by atoms with Gasteiger partial charge in [0.25, 0.3) is 11.7 Å². The lowest BCUT2D eigenvalue weighted by Gasteiger charge is -2.32. The van der Waals surface area contributed by atoms with Gasteiger partial charge in [0.05, 0.1) is 18.9 Å². The number of carbonyl (C=O) groups is 1. The molecule has 4 nitrogen and oxygen atoms in total. The molecule has 18 heavy (non-hydrogen) atoms. The van der Waals surface area contributed by atoms with E-state index in [1.54, 1.807) is 11.9 Å². The Labute approximate surface area is 106 Å². The number of nitrogens with zero attached hydrogens (tertiary/aromatic N) is 1. The summed E-state index contributed by atoms with van der Waals surface area (Å²) in [5, 5.41) is 0. The van der Waals surface area contributed by atoms with Crippen molar-refractivity contribution in [3.63, 3.8) is 0 Å². The van der Waals surface area contributed by atoms with Crippen LogP contribution >= 0.6 is 0 Å². The molecule has 0 bridgehead atoms. The van der Waals surface area contributed by atoms with Crippen molar-refractivity contribution in [2.45, 2.75) is 26.1 Å². The second-order valence-corrected chi connectivity index (χ2v) is 4.95. The number of aryl methyl sites for hydroxylation is 2. The highest BCUT2D eigenvalue weighted by Crippen LogP contribution is 2.47. The summed E-state index contributed by atoms with van der Waals surface area (Å²) in [6.45, 7) is 5.12. The second-order valence-electron chi connectivity index (χ2n) is 4.95. The van der Waals surface area contributed by atoms with E-state index in [9.17, 15) is 4.79 Å². The average molecular weight is 247 g/mol. The van der Waals surface area contributed by atoms with E-state index in [0.29, 0.717) is 13.2 Å². The molecule has 0 atom stereocenters. The molecule has 1 saturated heterocycles. The fraction of sp³-hybridized carbons (Fsp3) is 0.500. The fourth-order valence-electron chi connectivity index (χ4n) is 2.87. The van der Waals surface area contributed by atoms with Crippen LogP contribution < -0.4 is 4.90 Å². The maximum absolute atomic E-state index is 12.5. The molecular formula is C14H17NO3. The molecule has 4 heteroatoms. The Hall–Kier alpha value is -1.39. The number of benzene rings is 1. The first-order chi connectivity index (χ1) is 8.58. The lowest BCUT2D eigenvalue weighted by Crippen LogP contribution is -2.46. The van der Waals surface area contributed by atoms with Crippen LogP contribution in [-0.4, -0.2) is 26.2 Å². The lowest BCUT2D eigenvalue weighted by molar-refractivity contribution is -0.256. The van der Waals surface area contributed by atoms with Gasteiger partial charge in [-0.2, -0.15) is 0 Å². The minimum Gasteiger partial charge on any atom is -0.338 e. The van der Waals surface area contributed by atoms with Crippen molar-refractivity contribution in [3.05, 3.63) is 28.8 Å². The summed E-state index contributed by atoms with van der Waals surface area (Å²) in [5.74, 6) is -1.31. The number of anilines is 1. The lowest BCUT2D eigenvalue weighted by atomic mass is 9.98. The third-order valence-corrected chi connectivity index (χ3v) is 3.74. The minimum absolute atomic E-state index is 0.116. The molecule has 2 aliphatic heterocycles. The van der Waals surface area contributed by atoms with E-state index in [4.69, 9.17) is 9.47 Å². The fourth-order valence-corrected chi connectivity index (χ4v) is 2.87. The summed E-state index contributed by atoms with van der Waals surface area (Å²) in [6, 6.07) is 4.05. The van der Waals surface area contributed by atoms with Gasteiger partial charge in [0.2, 0.25) is 0 Å². The molecule has 96 valence electrons. The van der Waals surface area contributed by atoms with E-state index in [2.05, 4.69) is 0 Å². The number of amides is 1. The van der Waals surface area contributed by atoms with E-state index >= 15 is 0 Å². The number of hydrogen-bond donors (Lipinski definition) is 0. The maximum Gasteiger partial charge on any atom is 0.292 e. The molecule has 0 N–H and O–H groups in total. The van der Waals surface area contributed by atoms with Gasteiger partial charge in [-0.15, -0.1) is 0 Å². The quantitative estimate of drug-likeness (QED) is 0.702. The first kappa shape index (κ1) is 11.7. The van der Waals surface area contributed by atoms with E-state index in [0.717, 1.165) is 28.8 Å². The number of ether oxygens (including phenoxy) is 2. The van der Waals surface area contributed by atoms with Gasteiger partial charge in [0.1, 0.15) is 0 Å². The first-order valence-electron chi connectivity index (χ1n) is 6.24. The van der Waals surface area contributed by atoms with Crippen molar-refractivity contribution in [1.29, 1.82) is 0 Å². The zero-order chi connectivity index (χ0) is 12.9. The minimum atomic E-state index is -1.20. The zero-order valence-electron chi connectivity index (χ0n) is 10.9. The van der Waals surface area contributed by atoms with Gasteiger partial charge in [-0.25, -0.2) is 0 Å².